The van der Waals surface area contributed by atoms with Crippen LogP contribution in [0.3, 0.4) is 0 Å². The third-order valence-corrected chi connectivity index (χ3v) is 5.26. The number of carbonyl (C=O) groups excluding carboxylic acids is 1. The SMILES string of the molecule is C[C@@H](NC[C@@H]1CCCn2ccnc21)C(=O)NCCC1=CCCCC1. The van der Waals surface area contributed by atoms with Crippen molar-refractivity contribution in [3.05, 3.63) is 29.9 Å². The average Bonchev–Trinajstić information content (AvgIpc) is 3.09. The van der Waals surface area contributed by atoms with Crippen LogP contribution in [-0.2, 0) is 11.3 Å². The van der Waals surface area contributed by atoms with Gasteiger partial charge in [-0.25, -0.2) is 4.98 Å². The highest BCUT2D eigenvalue weighted by atomic mass is 16.2. The minimum atomic E-state index is -0.157. The van der Waals surface area contributed by atoms with Crippen LogP contribution in [0.25, 0.3) is 0 Å². The Labute approximate surface area is 144 Å². The van der Waals surface area contributed by atoms with E-state index >= 15 is 0 Å². The van der Waals surface area contributed by atoms with E-state index in [0.29, 0.717) is 5.92 Å². The summed E-state index contributed by atoms with van der Waals surface area (Å²) in [7, 11) is 0. The molecule has 132 valence electrons. The van der Waals surface area contributed by atoms with Crippen LogP contribution in [0.2, 0.25) is 0 Å². The smallest absolute Gasteiger partial charge is 0.236 e. The molecule has 5 nitrogen and oxygen atoms in total. The molecule has 2 atom stereocenters. The van der Waals surface area contributed by atoms with Crippen molar-refractivity contribution >= 4 is 5.91 Å². The lowest BCUT2D eigenvalue weighted by atomic mass is 9.97. The van der Waals surface area contributed by atoms with Crippen molar-refractivity contribution < 1.29 is 4.79 Å². The molecule has 1 aromatic heterocycles. The van der Waals surface area contributed by atoms with Crippen LogP contribution < -0.4 is 10.6 Å². The molecule has 2 heterocycles. The molecular weight excluding hydrogens is 300 g/mol. The first-order valence-corrected chi connectivity index (χ1v) is 9.44. The van der Waals surface area contributed by atoms with E-state index in [4.69, 9.17) is 0 Å². The van der Waals surface area contributed by atoms with Crippen molar-refractivity contribution in [2.24, 2.45) is 0 Å². The van der Waals surface area contributed by atoms with Crippen LogP contribution in [0, 0.1) is 0 Å². The third-order valence-electron chi connectivity index (χ3n) is 5.26. The molecule has 0 aromatic carbocycles. The van der Waals surface area contributed by atoms with Crippen molar-refractivity contribution in [3.63, 3.8) is 0 Å². The summed E-state index contributed by atoms with van der Waals surface area (Å²) in [6.45, 7) is 4.59. The minimum Gasteiger partial charge on any atom is -0.354 e. The first-order chi connectivity index (χ1) is 11.7. The number of imidazole rings is 1. The number of nitrogens with one attached hydrogen (secondary N) is 2. The second kappa shape index (κ2) is 8.47. The summed E-state index contributed by atoms with van der Waals surface area (Å²) in [4.78, 5) is 16.7. The van der Waals surface area contributed by atoms with E-state index in [-0.39, 0.29) is 11.9 Å². The summed E-state index contributed by atoms with van der Waals surface area (Å²) in [5.41, 5.74) is 1.51. The van der Waals surface area contributed by atoms with E-state index in [9.17, 15) is 4.79 Å². The molecule has 3 rings (SSSR count). The predicted octanol–water partition coefficient (Wildman–Crippen LogP) is 2.75. The molecule has 5 heteroatoms. The Bertz CT molecular complexity index is 578. The number of hydrogen-bond acceptors (Lipinski definition) is 3. The molecule has 0 spiro atoms. The molecule has 0 saturated carbocycles. The highest BCUT2D eigenvalue weighted by molar-refractivity contribution is 5.81. The number of carbonyl (C=O) groups is 1. The van der Waals surface area contributed by atoms with Crippen LogP contribution in [0.4, 0.5) is 0 Å². The number of hydrogen-bond donors (Lipinski definition) is 2. The van der Waals surface area contributed by atoms with Gasteiger partial charge in [-0.3, -0.25) is 4.79 Å². The van der Waals surface area contributed by atoms with E-state index in [1.54, 1.807) is 0 Å². The van der Waals surface area contributed by atoms with Crippen molar-refractivity contribution in [2.45, 2.75) is 70.4 Å². The Hall–Kier alpha value is -1.62. The Balaban J connectivity index is 1.38. The Kier molecular flexibility index (Phi) is 6.07. The summed E-state index contributed by atoms with van der Waals surface area (Å²) in [5, 5.41) is 6.46. The quantitative estimate of drug-likeness (QED) is 0.756. The van der Waals surface area contributed by atoms with E-state index in [2.05, 4.69) is 32.5 Å². The summed E-state index contributed by atoms with van der Waals surface area (Å²) in [5.74, 6) is 1.67. The Morgan fingerprint density at radius 1 is 1.42 bits per heavy atom. The van der Waals surface area contributed by atoms with Gasteiger partial charge in [-0.05, 0) is 51.9 Å². The fourth-order valence-electron chi connectivity index (χ4n) is 3.74. The molecule has 0 unspecified atom stereocenters. The van der Waals surface area contributed by atoms with Gasteiger partial charge >= 0.3 is 0 Å². The summed E-state index contributed by atoms with van der Waals surface area (Å²) < 4.78 is 2.23. The molecule has 2 aliphatic rings. The van der Waals surface area contributed by atoms with Crippen LogP contribution in [0.5, 0.6) is 0 Å². The highest BCUT2D eigenvalue weighted by Gasteiger charge is 2.22. The third kappa shape index (κ3) is 4.47. The van der Waals surface area contributed by atoms with Gasteiger partial charge in [0.15, 0.2) is 0 Å². The second-order valence-electron chi connectivity index (χ2n) is 7.10. The monoisotopic (exact) mass is 330 g/mol. The molecule has 0 fully saturated rings. The van der Waals surface area contributed by atoms with Gasteiger partial charge in [-0.1, -0.05) is 11.6 Å². The number of amides is 1. The predicted molar refractivity (Wildman–Crippen MR) is 95.8 cm³/mol. The summed E-state index contributed by atoms with van der Waals surface area (Å²) in [6.07, 6.45) is 14.6. The molecule has 1 aromatic rings. The van der Waals surface area contributed by atoms with Gasteiger partial charge in [0.2, 0.25) is 5.91 Å². The largest absolute Gasteiger partial charge is 0.354 e. The lowest BCUT2D eigenvalue weighted by Crippen LogP contribution is -2.44. The summed E-state index contributed by atoms with van der Waals surface area (Å²) >= 11 is 0. The van der Waals surface area contributed by atoms with Gasteiger partial charge in [0.05, 0.1) is 6.04 Å². The molecule has 0 bridgehead atoms. The van der Waals surface area contributed by atoms with E-state index < -0.39 is 0 Å². The summed E-state index contributed by atoms with van der Waals surface area (Å²) in [6, 6.07) is -0.157. The number of fused-ring (bicyclic) bond motifs is 1. The highest BCUT2D eigenvalue weighted by Crippen LogP contribution is 2.24. The Morgan fingerprint density at radius 3 is 3.17 bits per heavy atom. The van der Waals surface area contributed by atoms with E-state index in [1.165, 1.54) is 37.7 Å². The zero-order valence-corrected chi connectivity index (χ0v) is 14.8. The molecule has 2 N–H and O–H groups in total. The molecule has 0 saturated heterocycles. The van der Waals surface area contributed by atoms with Crippen LogP contribution in [0.1, 0.15) is 63.6 Å². The molecule has 1 amide bonds. The first-order valence-electron chi connectivity index (χ1n) is 9.44. The molecule has 1 aliphatic heterocycles. The molecule has 0 radical (unpaired) electrons. The second-order valence-corrected chi connectivity index (χ2v) is 7.10. The average molecular weight is 330 g/mol. The van der Waals surface area contributed by atoms with Crippen molar-refractivity contribution in [2.75, 3.05) is 13.1 Å². The van der Waals surface area contributed by atoms with E-state index in [0.717, 1.165) is 38.3 Å². The molecular formula is C19H30N4O. The van der Waals surface area contributed by atoms with Crippen molar-refractivity contribution in [3.8, 4) is 0 Å². The van der Waals surface area contributed by atoms with Crippen molar-refractivity contribution in [1.29, 1.82) is 0 Å². The topological polar surface area (TPSA) is 59.0 Å². The lowest BCUT2D eigenvalue weighted by Gasteiger charge is -2.25. The molecule has 1 aliphatic carbocycles. The van der Waals surface area contributed by atoms with Gasteiger partial charge < -0.3 is 15.2 Å². The van der Waals surface area contributed by atoms with Gasteiger partial charge in [0.25, 0.3) is 0 Å². The number of aryl methyl sites for hydroxylation is 1. The number of aromatic nitrogens is 2. The normalized spacial score (nSPS) is 21.7. The first kappa shape index (κ1) is 17.2. The van der Waals surface area contributed by atoms with Crippen molar-refractivity contribution in [1.82, 2.24) is 20.2 Å². The number of nitrogens with zero attached hydrogens (tertiary/aromatic N) is 2. The van der Waals surface area contributed by atoms with Crippen LogP contribution in [-0.4, -0.2) is 34.6 Å². The zero-order chi connectivity index (χ0) is 16.8. The maximum absolute atomic E-state index is 12.2. The Morgan fingerprint density at radius 2 is 2.33 bits per heavy atom. The fourth-order valence-corrected chi connectivity index (χ4v) is 3.74. The van der Waals surface area contributed by atoms with Gasteiger partial charge in [0, 0.05) is 37.9 Å². The van der Waals surface area contributed by atoms with E-state index in [1.807, 2.05) is 13.1 Å². The van der Waals surface area contributed by atoms with Crippen LogP contribution in [0.15, 0.2) is 24.0 Å². The number of allylic oxidation sites excluding steroid dienone is 1. The fraction of sp³-hybridized carbons (Fsp3) is 0.684. The maximum atomic E-state index is 12.2. The molecule has 24 heavy (non-hydrogen) atoms. The minimum absolute atomic E-state index is 0.102. The standard InChI is InChI=1S/C19H30N4O/c1-15(19(24)21-10-9-16-6-3-2-4-7-16)22-14-17-8-5-12-23-13-11-20-18(17)23/h6,11,13,15,17,22H,2-5,7-10,12,14H2,1H3,(H,21,24)/t15-,17+/m1/s1. The number of rotatable bonds is 7. The van der Waals surface area contributed by atoms with Gasteiger partial charge in [-0.15, -0.1) is 0 Å². The zero-order valence-electron chi connectivity index (χ0n) is 14.8. The maximum Gasteiger partial charge on any atom is 0.236 e. The van der Waals surface area contributed by atoms with Gasteiger partial charge in [0.1, 0.15) is 5.82 Å². The van der Waals surface area contributed by atoms with Crippen LogP contribution >= 0.6 is 0 Å². The van der Waals surface area contributed by atoms with Gasteiger partial charge in [-0.2, -0.15) is 0 Å². The lowest BCUT2D eigenvalue weighted by molar-refractivity contribution is -0.122.